The first-order valence-electron chi connectivity index (χ1n) is 8.52. The van der Waals surface area contributed by atoms with Crippen LogP contribution in [0.1, 0.15) is 41.8 Å². The van der Waals surface area contributed by atoms with E-state index in [4.69, 9.17) is 4.98 Å². The van der Waals surface area contributed by atoms with Gasteiger partial charge in [-0.25, -0.2) is 4.98 Å². The second-order valence-electron chi connectivity index (χ2n) is 7.16. The van der Waals surface area contributed by atoms with Crippen molar-refractivity contribution in [1.29, 1.82) is 5.26 Å². The van der Waals surface area contributed by atoms with E-state index in [1.807, 2.05) is 26.0 Å². The van der Waals surface area contributed by atoms with E-state index in [0.717, 1.165) is 28.2 Å². The van der Waals surface area contributed by atoms with Crippen LogP contribution in [0.15, 0.2) is 41.8 Å². The Hall–Kier alpha value is -1.71. The molecule has 1 heterocycles. The second kappa shape index (κ2) is 7.50. The molecule has 132 valence electrons. The van der Waals surface area contributed by atoms with Gasteiger partial charge in [0.25, 0.3) is 0 Å². The number of benzene rings is 2. The molecule has 0 aliphatic rings. The standard InChI is InChI=1S/C22H21IN2S/c1-14-10-20(23)15(2)9-17(14)11-19-12-26-21(25-19)16-5-7-18(8-6-16)22(3,4)13-24/h5-10,12H,11H2,1-4H3. The van der Waals surface area contributed by atoms with Crippen LogP contribution < -0.4 is 0 Å². The average Bonchev–Trinajstić information content (AvgIpc) is 3.08. The van der Waals surface area contributed by atoms with Crippen LogP contribution in [-0.2, 0) is 11.8 Å². The Labute approximate surface area is 173 Å². The minimum Gasteiger partial charge on any atom is -0.241 e. The first-order valence-corrected chi connectivity index (χ1v) is 10.5. The van der Waals surface area contributed by atoms with Gasteiger partial charge >= 0.3 is 0 Å². The Kier molecular flexibility index (Phi) is 5.50. The lowest BCUT2D eigenvalue weighted by molar-refractivity contribution is 0.687. The molecule has 4 heteroatoms. The highest BCUT2D eigenvalue weighted by Gasteiger charge is 2.19. The zero-order valence-corrected chi connectivity index (χ0v) is 18.4. The summed E-state index contributed by atoms with van der Waals surface area (Å²) in [6.07, 6.45) is 0.861. The molecule has 0 unspecified atom stereocenters. The largest absolute Gasteiger partial charge is 0.241 e. The molecule has 26 heavy (non-hydrogen) atoms. The van der Waals surface area contributed by atoms with Crippen molar-refractivity contribution in [1.82, 2.24) is 4.98 Å². The Morgan fingerprint density at radius 2 is 1.81 bits per heavy atom. The zero-order valence-electron chi connectivity index (χ0n) is 15.4. The van der Waals surface area contributed by atoms with Crippen LogP contribution >= 0.6 is 33.9 Å². The van der Waals surface area contributed by atoms with Crippen LogP contribution in [-0.4, -0.2) is 4.98 Å². The minimum absolute atomic E-state index is 0.465. The van der Waals surface area contributed by atoms with E-state index in [9.17, 15) is 5.26 Å². The molecule has 0 saturated heterocycles. The van der Waals surface area contributed by atoms with Gasteiger partial charge in [-0.3, -0.25) is 0 Å². The van der Waals surface area contributed by atoms with Gasteiger partial charge in [-0.05, 0) is 78.6 Å². The van der Waals surface area contributed by atoms with E-state index in [0.29, 0.717) is 0 Å². The van der Waals surface area contributed by atoms with Crippen molar-refractivity contribution >= 4 is 33.9 Å². The van der Waals surface area contributed by atoms with E-state index in [1.54, 1.807) is 11.3 Å². The van der Waals surface area contributed by atoms with Crippen molar-refractivity contribution in [3.05, 3.63) is 73.3 Å². The maximum absolute atomic E-state index is 9.28. The molecule has 3 rings (SSSR count). The lowest BCUT2D eigenvalue weighted by Crippen LogP contribution is -2.13. The molecule has 0 saturated carbocycles. The molecule has 1 aromatic heterocycles. The average molecular weight is 472 g/mol. The molecule has 0 fully saturated rings. The first kappa shape index (κ1) is 19.1. The highest BCUT2D eigenvalue weighted by Crippen LogP contribution is 2.29. The Balaban J connectivity index is 1.82. The van der Waals surface area contributed by atoms with Gasteiger partial charge in [-0.15, -0.1) is 11.3 Å². The second-order valence-corrected chi connectivity index (χ2v) is 9.18. The van der Waals surface area contributed by atoms with E-state index in [1.165, 1.54) is 20.3 Å². The fourth-order valence-electron chi connectivity index (χ4n) is 2.84. The number of hydrogen-bond donors (Lipinski definition) is 0. The van der Waals surface area contributed by atoms with E-state index in [2.05, 4.69) is 72.2 Å². The molecule has 0 aliphatic carbocycles. The van der Waals surface area contributed by atoms with Gasteiger partial charge in [0.1, 0.15) is 5.01 Å². The van der Waals surface area contributed by atoms with Gasteiger partial charge in [-0.1, -0.05) is 30.3 Å². The van der Waals surface area contributed by atoms with E-state index in [-0.39, 0.29) is 0 Å². The summed E-state index contributed by atoms with van der Waals surface area (Å²) in [4.78, 5) is 4.83. The van der Waals surface area contributed by atoms with Crippen molar-refractivity contribution < 1.29 is 0 Å². The summed E-state index contributed by atoms with van der Waals surface area (Å²) in [6, 6.07) is 15.1. The topological polar surface area (TPSA) is 36.7 Å². The van der Waals surface area contributed by atoms with Crippen molar-refractivity contribution in [2.24, 2.45) is 0 Å². The van der Waals surface area contributed by atoms with Crippen molar-refractivity contribution in [2.75, 3.05) is 0 Å². The molecular formula is C22H21IN2S. The van der Waals surface area contributed by atoms with Crippen LogP contribution in [0.2, 0.25) is 0 Å². The zero-order chi connectivity index (χ0) is 18.9. The SMILES string of the molecule is Cc1cc(Cc2csc(-c3ccc(C(C)(C)C#N)cc3)n2)c(C)cc1I. The summed E-state index contributed by atoms with van der Waals surface area (Å²) in [5.41, 5.74) is 6.75. The van der Waals surface area contributed by atoms with Crippen LogP contribution in [0, 0.1) is 28.7 Å². The summed E-state index contributed by atoms with van der Waals surface area (Å²) in [5, 5.41) is 12.5. The molecule has 0 amide bonds. The molecular weight excluding hydrogens is 451 g/mol. The Bertz CT molecular complexity index is 978. The Morgan fingerprint density at radius 1 is 1.12 bits per heavy atom. The molecule has 0 atom stereocenters. The normalized spacial score (nSPS) is 11.4. The number of thiazole rings is 1. The highest BCUT2D eigenvalue weighted by molar-refractivity contribution is 14.1. The van der Waals surface area contributed by atoms with Crippen LogP contribution in [0.5, 0.6) is 0 Å². The summed E-state index contributed by atoms with van der Waals surface area (Å²) in [7, 11) is 0. The molecule has 0 aliphatic heterocycles. The maximum Gasteiger partial charge on any atom is 0.123 e. The third kappa shape index (κ3) is 3.99. The van der Waals surface area contributed by atoms with Gasteiger partial charge in [0.15, 0.2) is 0 Å². The van der Waals surface area contributed by atoms with Gasteiger partial charge in [0.2, 0.25) is 0 Å². The first-order chi connectivity index (χ1) is 12.3. The van der Waals surface area contributed by atoms with Crippen LogP contribution in [0.4, 0.5) is 0 Å². The quantitative estimate of drug-likeness (QED) is 0.411. The number of rotatable bonds is 4. The van der Waals surface area contributed by atoms with Crippen molar-refractivity contribution in [2.45, 2.75) is 39.5 Å². The molecule has 0 N–H and O–H groups in total. The monoisotopic (exact) mass is 472 g/mol. The van der Waals surface area contributed by atoms with E-state index >= 15 is 0 Å². The third-order valence-electron chi connectivity index (χ3n) is 4.67. The predicted octanol–water partition coefficient (Wildman–Crippen LogP) is 6.42. The molecule has 3 aromatic rings. The van der Waals surface area contributed by atoms with E-state index < -0.39 is 5.41 Å². The van der Waals surface area contributed by atoms with Crippen molar-refractivity contribution in [3.8, 4) is 16.6 Å². The van der Waals surface area contributed by atoms with Crippen molar-refractivity contribution in [3.63, 3.8) is 0 Å². The van der Waals surface area contributed by atoms with Crippen LogP contribution in [0.3, 0.4) is 0 Å². The molecule has 2 nitrogen and oxygen atoms in total. The summed E-state index contributed by atoms with van der Waals surface area (Å²) < 4.78 is 1.31. The van der Waals surface area contributed by atoms with Gasteiger partial charge in [0.05, 0.1) is 17.2 Å². The number of hydrogen-bond acceptors (Lipinski definition) is 3. The number of nitriles is 1. The van der Waals surface area contributed by atoms with Gasteiger partial charge in [0, 0.05) is 20.9 Å². The van der Waals surface area contributed by atoms with Crippen LogP contribution in [0.25, 0.3) is 10.6 Å². The molecule has 0 radical (unpaired) electrons. The minimum atomic E-state index is -0.465. The Morgan fingerprint density at radius 3 is 2.46 bits per heavy atom. The number of aryl methyl sites for hydroxylation is 2. The molecule has 0 spiro atoms. The fourth-order valence-corrected chi connectivity index (χ4v) is 4.29. The maximum atomic E-state index is 9.28. The fraction of sp³-hybridized carbons (Fsp3) is 0.273. The summed E-state index contributed by atoms with van der Waals surface area (Å²) in [6.45, 7) is 8.20. The lowest BCUT2D eigenvalue weighted by atomic mass is 9.86. The molecule has 2 aromatic carbocycles. The summed E-state index contributed by atoms with van der Waals surface area (Å²) >= 11 is 4.06. The smallest absolute Gasteiger partial charge is 0.123 e. The third-order valence-corrected chi connectivity index (χ3v) is 6.78. The highest BCUT2D eigenvalue weighted by atomic mass is 127. The van der Waals surface area contributed by atoms with Gasteiger partial charge in [-0.2, -0.15) is 5.26 Å². The summed E-state index contributed by atoms with van der Waals surface area (Å²) in [5.74, 6) is 0. The lowest BCUT2D eigenvalue weighted by Gasteiger charge is -2.15. The molecule has 0 bridgehead atoms. The number of aromatic nitrogens is 1. The number of nitrogens with zero attached hydrogens (tertiary/aromatic N) is 2. The predicted molar refractivity (Wildman–Crippen MR) is 118 cm³/mol. The number of halogens is 1. The van der Waals surface area contributed by atoms with Gasteiger partial charge < -0.3 is 0 Å².